The third-order valence-corrected chi connectivity index (χ3v) is 5.01. The van der Waals surface area contributed by atoms with Crippen LogP contribution >= 0.6 is 0 Å². The van der Waals surface area contributed by atoms with E-state index in [1.807, 2.05) is 31.2 Å². The summed E-state index contributed by atoms with van der Waals surface area (Å²) in [6.45, 7) is 14.3. The summed E-state index contributed by atoms with van der Waals surface area (Å²) in [7, 11) is 0. The smallest absolute Gasteiger partial charge is 0.0713 e. The number of fused-ring (bicyclic) bond motifs is 1. The van der Waals surface area contributed by atoms with Crippen molar-refractivity contribution >= 4 is 5.57 Å². The van der Waals surface area contributed by atoms with E-state index in [1.54, 1.807) is 0 Å². The van der Waals surface area contributed by atoms with E-state index < -0.39 is 5.41 Å². The van der Waals surface area contributed by atoms with E-state index in [2.05, 4.69) is 86.5 Å². The number of hydrogen-bond acceptors (Lipinski definition) is 0. The first kappa shape index (κ1) is 17.7. The molecule has 0 fully saturated rings. The van der Waals surface area contributed by atoms with Gasteiger partial charge in [-0.3, -0.25) is 0 Å². The maximum absolute atomic E-state index is 4.18. The Morgan fingerprint density at radius 1 is 0.923 bits per heavy atom. The van der Waals surface area contributed by atoms with Crippen LogP contribution in [0.15, 0.2) is 122 Å². The zero-order valence-electron chi connectivity index (χ0n) is 15.3. The molecule has 2 aromatic carbocycles. The van der Waals surface area contributed by atoms with E-state index in [-0.39, 0.29) is 0 Å². The fourth-order valence-corrected chi connectivity index (χ4v) is 4.10. The van der Waals surface area contributed by atoms with Crippen molar-refractivity contribution in [1.29, 1.82) is 0 Å². The zero-order valence-corrected chi connectivity index (χ0v) is 15.3. The molecule has 128 valence electrons. The van der Waals surface area contributed by atoms with Gasteiger partial charge in [-0.1, -0.05) is 111 Å². The summed E-state index contributed by atoms with van der Waals surface area (Å²) in [5, 5.41) is 0. The highest BCUT2D eigenvalue weighted by atomic mass is 14.5. The summed E-state index contributed by atoms with van der Waals surface area (Å²) in [6.07, 6.45) is 12.1. The lowest BCUT2D eigenvalue weighted by atomic mass is 9.66. The van der Waals surface area contributed by atoms with E-state index in [4.69, 9.17) is 0 Å². The van der Waals surface area contributed by atoms with Crippen LogP contribution in [0.5, 0.6) is 0 Å². The fourth-order valence-electron chi connectivity index (χ4n) is 4.10. The van der Waals surface area contributed by atoms with Gasteiger partial charge in [-0.2, -0.15) is 0 Å². The van der Waals surface area contributed by atoms with Gasteiger partial charge in [0.05, 0.1) is 5.41 Å². The van der Waals surface area contributed by atoms with Gasteiger partial charge in [0.2, 0.25) is 0 Å². The topological polar surface area (TPSA) is 0 Å². The first-order chi connectivity index (χ1) is 12.7. The van der Waals surface area contributed by atoms with Crippen molar-refractivity contribution in [3.05, 3.63) is 139 Å². The van der Waals surface area contributed by atoms with Gasteiger partial charge in [0.1, 0.15) is 0 Å². The Bertz CT molecular complexity index is 935. The highest BCUT2D eigenvalue weighted by Gasteiger charge is 2.46. The van der Waals surface area contributed by atoms with Crippen LogP contribution in [0.2, 0.25) is 0 Å². The van der Waals surface area contributed by atoms with Gasteiger partial charge in [0.25, 0.3) is 0 Å². The third kappa shape index (κ3) is 2.46. The molecule has 0 aliphatic heterocycles. The van der Waals surface area contributed by atoms with Gasteiger partial charge >= 0.3 is 0 Å². The van der Waals surface area contributed by atoms with Crippen molar-refractivity contribution in [2.45, 2.75) is 12.3 Å². The van der Waals surface area contributed by atoms with Crippen molar-refractivity contribution in [2.24, 2.45) is 0 Å². The average molecular weight is 336 g/mol. The summed E-state index contributed by atoms with van der Waals surface area (Å²) < 4.78 is 0. The normalized spacial score (nSPS) is 19.5. The number of benzene rings is 2. The van der Waals surface area contributed by atoms with Crippen LogP contribution in [0.3, 0.4) is 0 Å². The van der Waals surface area contributed by atoms with Gasteiger partial charge < -0.3 is 0 Å². The Kier molecular flexibility index (Phi) is 5.04. The van der Waals surface area contributed by atoms with Crippen LogP contribution in [0.1, 0.15) is 23.6 Å². The Hall–Kier alpha value is -3.12. The Labute approximate surface area is 156 Å². The molecule has 1 atom stereocenters. The number of allylic oxidation sites excluding steroid dienone is 9. The monoisotopic (exact) mass is 336 g/mol. The molecule has 2 aromatic rings. The molecule has 1 aliphatic carbocycles. The highest BCUT2D eigenvalue weighted by molar-refractivity contribution is 5.92. The SMILES string of the molecule is C=C/C=C(\C=C)C1(c2ccccc2)C(C=C)=C(/C=C\C)c2ccccc21. The summed E-state index contributed by atoms with van der Waals surface area (Å²) in [6, 6.07) is 19.2. The van der Waals surface area contributed by atoms with Crippen LogP contribution in [0.4, 0.5) is 0 Å². The van der Waals surface area contributed by atoms with Gasteiger partial charge in [-0.15, -0.1) is 0 Å². The maximum atomic E-state index is 4.18. The molecule has 0 nitrogen and oxygen atoms in total. The van der Waals surface area contributed by atoms with Crippen molar-refractivity contribution < 1.29 is 0 Å². The molecule has 0 radical (unpaired) electrons. The molecule has 0 heterocycles. The lowest BCUT2D eigenvalue weighted by Crippen LogP contribution is -2.29. The molecule has 3 rings (SSSR count). The van der Waals surface area contributed by atoms with E-state index in [1.165, 1.54) is 27.8 Å². The standard InChI is InChI=1S/C26H24/c1-5-14-20(7-3)26(21-16-10-9-11-17-21)24(8-4)22(15-6-2)23-18-12-13-19-25(23)26/h5-19H,1,3-4H2,2H3/b15-6-,20-14+. The lowest BCUT2D eigenvalue weighted by Gasteiger charge is -2.35. The van der Waals surface area contributed by atoms with Gasteiger partial charge in [0.15, 0.2) is 0 Å². The summed E-state index contributed by atoms with van der Waals surface area (Å²) in [5.41, 5.74) is 6.73. The van der Waals surface area contributed by atoms with Crippen LogP contribution in [-0.2, 0) is 5.41 Å². The minimum absolute atomic E-state index is 0.440. The zero-order chi connectivity index (χ0) is 18.6. The molecule has 26 heavy (non-hydrogen) atoms. The quantitative estimate of drug-likeness (QED) is 0.509. The number of rotatable bonds is 6. The van der Waals surface area contributed by atoms with Crippen LogP contribution in [0, 0.1) is 0 Å². The van der Waals surface area contributed by atoms with E-state index in [0.29, 0.717) is 0 Å². The predicted molar refractivity (Wildman–Crippen MR) is 114 cm³/mol. The Morgan fingerprint density at radius 2 is 1.62 bits per heavy atom. The number of hydrogen-bond donors (Lipinski definition) is 0. The van der Waals surface area contributed by atoms with Crippen molar-refractivity contribution in [3.8, 4) is 0 Å². The maximum Gasteiger partial charge on any atom is 0.0713 e. The second-order valence-corrected chi connectivity index (χ2v) is 6.25. The van der Waals surface area contributed by atoms with Crippen molar-refractivity contribution in [2.75, 3.05) is 0 Å². The van der Waals surface area contributed by atoms with Crippen molar-refractivity contribution in [3.63, 3.8) is 0 Å². The van der Waals surface area contributed by atoms with Gasteiger partial charge in [0, 0.05) is 0 Å². The Balaban J connectivity index is 2.55. The van der Waals surface area contributed by atoms with Crippen LogP contribution in [-0.4, -0.2) is 0 Å². The summed E-state index contributed by atoms with van der Waals surface area (Å²) in [5.74, 6) is 0. The molecule has 1 aliphatic rings. The highest BCUT2D eigenvalue weighted by Crippen LogP contribution is 2.55. The Morgan fingerprint density at radius 3 is 2.23 bits per heavy atom. The molecular formula is C26H24. The molecule has 0 saturated heterocycles. The molecule has 0 aromatic heterocycles. The van der Waals surface area contributed by atoms with Crippen molar-refractivity contribution in [1.82, 2.24) is 0 Å². The molecule has 0 N–H and O–H groups in total. The second kappa shape index (κ2) is 7.41. The largest absolute Gasteiger partial charge is 0.0991 e. The molecule has 0 bridgehead atoms. The van der Waals surface area contributed by atoms with E-state index in [9.17, 15) is 0 Å². The minimum atomic E-state index is -0.440. The third-order valence-electron chi connectivity index (χ3n) is 5.01. The molecule has 0 spiro atoms. The van der Waals surface area contributed by atoms with Crippen LogP contribution in [0.25, 0.3) is 5.57 Å². The summed E-state index contributed by atoms with van der Waals surface area (Å²) in [4.78, 5) is 0. The first-order valence-electron chi connectivity index (χ1n) is 8.86. The molecule has 0 saturated carbocycles. The second-order valence-electron chi connectivity index (χ2n) is 6.25. The predicted octanol–water partition coefficient (Wildman–Crippen LogP) is 6.80. The minimum Gasteiger partial charge on any atom is -0.0991 e. The van der Waals surface area contributed by atoms with Gasteiger partial charge in [-0.25, -0.2) is 0 Å². The van der Waals surface area contributed by atoms with Crippen LogP contribution < -0.4 is 0 Å². The van der Waals surface area contributed by atoms with Gasteiger partial charge in [-0.05, 0) is 40.3 Å². The molecule has 0 heteroatoms. The van der Waals surface area contributed by atoms with E-state index >= 15 is 0 Å². The lowest BCUT2D eigenvalue weighted by molar-refractivity contribution is 0.761. The first-order valence-corrected chi connectivity index (χ1v) is 8.86. The molecule has 1 unspecified atom stereocenters. The van der Waals surface area contributed by atoms with E-state index in [0.717, 1.165) is 5.57 Å². The average Bonchev–Trinajstić information content (AvgIpc) is 2.97. The fraction of sp³-hybridized carbons (Fsp3) is 0.0769. The molecule has 0 amide bonds. The summed E-state index contributed by atoms with van der Waals surface area (Å²) >= 11 is 0. The molecular weight excluding hydrogens is 312 g/mol.